The Balaban J connectivity index is 2.40. The average molecular weight is 163 g/mol. The lowest BCUT2D eigenvalue weighted by Gasteiger charge is -2.11. The van der Waals surface area contributed by atoms with Gasteiger partial charge in [0, 0.05) is 11.0 Å². The van der Waals surface area contributed by atoms with Gasteiger partial charge >= 0.3 is 0 Å². The number of rotatable bonds is 2. The standard InChI is InChI=1S/C10H11O2/c11-7-10(5-6-10)8-3-1-2-4-9(8)12/h1-4,11H,5-7H2. The molecule has 0 spiro atoms. The van der Waals surface area contributed by atoms with E-state index < -0.39 is 0 Å². The van der Waals surface area contributed by atoms with E-state index in [1.54, 1.807) is 12.1 Å². The number of hydrogen-bond donors (Lipinski definition) is 1. The Hall–Kier alpha value is -1.02. The third-order valence-corrected chi connectivity index (χ3v) is 2.61. The van der Waals surface area contributed by atoms with Crippen molar-refractivity contribution in [2.24, 2.45) is 0 Å². The maximum absolute atomic E-state index is 11.4. The minimum atomic E-state index is -0.182. The van der Waals surface area contributed by atoms with E-state index in [2.05, 4.69) is 0 Å². The van der Waals surface area contributed by atoms with E-state index in [4.69, 9.17) is 5.11 Å². The molecule has 1 aromatic rings. The van der Waals surface area contributed by atoms with E-state index in [0.717, 1.165) is 18.4 Å². The first-order chi connectivity index (χ1) is 5.78. The van der Waals surface area contributed by atoms with Gasteiger partial charge in [0.25, 0.3) is 0 Å². The maximum Gasteiger partial charge on any atom is 0.182 e. The molecule has 1 aliphatic rings. The van der Waals surface area contributed by atoms with Crippen molar-refractivity contribution in [2.75, 3.05) is 6.61 Å². The zero-order valence-electron chi connectivity index (χ0n) is 6.79. The van der Waals surface area contributed by atoms with Gasteiger partial charge in [-0.15, -0.1) is 0 Å². The molecule has 1 radical (unpaired) electrons. The highest BCUT2D eigenvalue weighted by Crippen LogP contribution is 2.50. The van der Waals surface area contributed by atoms with Crippen LogP contribution in [0.1, 0.15) is 18.4 Å². The van der Waals surface area contributed by atoms with Crippen molar-refractivity contribution in [1.29, 1.82) is 0 Å². The van der Waals surface area contributed by atoms with Crippen molar-refractivity contribution < 1.29 is 10.2 Å². The molecule has 2 rings (SSSR count). The van der Waals surface area contributed by atoms with Crippen LogP contribution in [0.5, 0.6) is 5.75 Å². The molecule has 0 saturated heterocycles. The summed E-state index contributed by atoms with van der Waals surface area (Å²) in [6.07, 6.45) is 1.89. The van der Waals surface area contributed by atoms with Crippen LogP contribution in [0.25, 0.3) is 0 Å². The fourth-order valence-corrected chi connectivity index (χ4v) is 1.57. The van der Waals surface area contributed by atoms with Gasteiger partial charge in [0.2, 0.25) is 0 Å². The number of aliphatic hydroxyl groups excluding tert-OH is 1. The molecule has 1 N–H and O–H groups in total. The summed E-state index contributed by atoms with van der Waals surface area (Å²) in [4.78, 5) is 0. The molecule has 1 fully saturated rings. The molecule has 2 heteroatoms. The lowest BCUT2D eigenvalue weighted by Crippen LogP contribution is -2.11. The third kappa shape index (κ3) is 0.994. The molecule has 0 atom stereocenters. The molecule has 1 saturated carbocycles. The number of para-hydroxylation sites is 1. The highest BCUT2D eigenvalue weighted by Gasteiger charge is 2.45. The second kappa shape index (κ2) is 2.49. The molecule has 0 bridgehead atoms. The Morgan fingerprint density at radius 3 is 2.50 bits per heavy atom. The van der Waals surface area contributed by atoms with Gasteiger partial charge in [0.15, 0.2) is 5.75 Å². The molecule has 0 aromatic heterocycles. The van der Waals surface area contributed by atoms with Crippen LogP contribution in [0.15, 0.2) is 24.3 Å². The van der Waals surface area contributed by atoms with E-state index in [1.165, 1.54) is 0 Å². The van der Waals surface area contributed by atoms with Crippen LogP contribution in [0.3, 0.4) is 0 Å². The molecule has 1 aromatic carbocycles. The van der Waals surface area contributed by atoms with Gasteiger partial charge in [-0.25, -0.2) is 0 Å². The first-order valence-corrected chi connectivity index (χ1v) is 4.16. The minimum Gasteiger partial charge on any atom is -0.395 e. The van der Waals surface area contributed by atoms with Crippen molar-refractivity contribution >= 4 is 0 Å². The monoisotopic (exact) mass is 163 g/mol. The summed E-state index contributed by atoms with van der Waals surface area (Å²) in [7, 11) is 0. The van der Waals surface area contributed by atoms with Gasteiger partial charge in [-0.05, 0) is 18.9 Å². The normalized spacial score (nSPS) is 19.1. The molecular formula is C10H11O2. The lowest BCUT2D eigenvalue weighted by molar-refractivity contribution is 0.248. The quantitative estimate of drug-likeness (QED) is 0.710. The Morgan fingerprint density at radius 2 is 2.00 bits per heavy atom. The molecule has 0 aliphatic heterocycles. The maximum atomic E-state index is 11.4. The molecule has 0 unspecified atom stereocenters. The number of benzene rings is 1. The Labute approximate surface area is 71.5 Å². The average Bonchev–Trinajstić information content (AvgIpc) is 2.86. The molecule has 0 amide bonds. The molecule has 0 heterocycles. The second-order valence-electron chi connectivity index (χ2n) is 3.43. The van der Waals surface area contributed by atoms with Gasteiger partial charge in [-0.2, -0.15) is 0 Å². The van der Waals surface area contributed by atoms with Crippen LogP contribution >= 0.6 is 0 Å². The van der Waals surface area contributed by atoms with Gasteiger partial charge in [0.1, 0.15) is 0 Å². The van der Waals surface area contributed by atoms with Crippen LogP contribution in [0.4, 0.5) is 0 Å². The largest absolute Gasteiger partial charge is 0.395 e. The van der Waals surface area contributed by atoms with Crippen molar-refractivity contribution in [1.82, 2.24) is 0 Å². The van der Waals surface area contributed by atoms with E-state index >= 15 is 0 Å². The van der Waals surface area contributed by atoms with E-state index in [-0.39, 0.29) is 17.8 Å². The summed E-state index contributed by atoms with van der Waals surface area (Å²) >= 11 is 0. The molecule has 1 aliphatic carbocycles. The number of hydrogen-bond acceptors (Lipinski definition) is 1. The molecule has 2 nitrogen and oxygen atoms in total. The zero-order chi connectivity index (χ0) is 8.60. The minimum absolute atomic E-state index is 0.0593. The first-order valence-electron chi connectivity index (χ1n) is 4.16. The van der Waals surface area contributed by atoms with Crippen molar-refractivity contribution in [3.05, 3.63) is 29.8 Å². The van der Waals surface area contributed by atoms with Gasteiger partial charge in [-0.3, -0.25) is 5.11 Å². The summed E-state index contributed by atoms with van der Waals surface area (Å²) in [5, 5.41) is 20.4. The van der Waals surface area contributed by atoms with Gasteiger partial charge in [-0.1, -0.05) is 18.2 Å². The Morgan fingerprint density at radius 1 is 1.33 bits per heavy atom. The Kier molecular flexibility index (Phi) is 1.58. The van der Waals surface area contributed by atoms with E-state index in [0.29, 0.717) is 0 Å². The van der Waals surface area contributed by atoms with Gasteiger partial charge in [0.05, 0.1) is 6.61 Å². The third-order valence-electron chi connectivity index (χ3n) is 2.61. The molecule has 12 heavy (non-hydrogen) atoms. The van der Waals surface area contributed by atoms with Crippen LogP contribution < -0.4 is 0 Å². The fourth-order valence-electron chi connectivity index (χ4n) is 1.57. The topological polar surface area (TPSA) is 40.1 Å². The predicted molar refractivity (Wildman–Crippen MR) is 44.6 cm³/mol. The molecule has 63 valence electrons. The van der Waals surface area contributed by atoms with Crippen LogP contribution in [-0.2, 0) is 10.5 Å². The SMILES string of the molecule is [O]c1ccccc1C1(CO)CC1. The van der Waals surface area contributed by atoms with Crippen molar-refractivity contribution in [3.8, 4) is 5.75 Å². The fraction of sp³-hybridized carbons (Fsp3) is 0.400. The summed E-state index contributed by atoms with van der Waals surface area (Å²) in [6.45, 7) is 0.103. The highest BCUT2D eigenvalue weighted by molar-refractivity contribution is 5.42. The summed E-state index contributed by atoms with van der Waals surface area (Å²) < 4.78 is 0. The second-order valence-corrected chi connectivity index (χ2v) is 3.43. The van der Waals surface area contributed by atoms with E-state index in [9.17, 15) is 5.11 Å². The van der Waals surface area contributed by atoms with E-state index in [1.807, 2.05) is 12.1 Å². The lowest BCUT2D eigenvalue weighted by atomic mass is 9.96. The van der Waals surface area contributed by atoms with Crippen LogP contribution in [-0.4, -0.2) is 11.7 Å². The zero-order valence-corrected chi connectivity index (χ0v) is 6.79. The van der Waals surface area contributed by atoms with Crippen molar-refractivity contribution in [2.45, 2.75) is 18.3 Å². The summed E-state index contributed by atoms with van der Waals surface area (Å²) in [5.74, 6) is 0.0593. The first kappa shape index (κ1) is 7.62. The predicted octanol–water partition coefficient (Wildman–Crippen LogP) is 1.85. The van der Waals surface area contributed by atoms with Crippen molar-refractivity contribution in [3.63, 3.8) is 0 Å². The number of aliphatic hydroxyl groups is 1. The smallest absolute Gasteiger partial charge is 0.182 e. The summed E-state index contributed by atoms with van der Waals surface area (Å²) in [5.41, 5.74) is 0.603. The highest BCUT2D eigenvalue weighted by atomic mass is 16.3. The van der Waals surface area contributed by atoms with Gasteiger partial charge < -0.3 is 5.11 Å². The molecular weight excluding hydrogens is 152 g/mol. The van der Waals surface area contributed by atoms with Crippen LogP contribution in [0, 0.1) is 0 Å². The van der Waals surface area contributed by atoms with Crippen LogP contribution in [0.2, 0.25) is 0 Å². The Bertz CT molecular complexity index is 290. The summed E-state index contributed by atoms with van der Waals surface area (Å²) in [6, 6.07) is 6.97.